The number of anilines is 1. The molecule has 0 fully saturated rings. The van der Waals surface area contributed by atoms with Gasteiger partial charge in [-0.2, -0.15) is 0 Å². The van der Waals surface area contributed by atoms with Crippen molar-refractivity contribution in [3.05, 3.63) is 90.5 Å². The van der Waals surface area contributed by atoms with Crippen molar-refractivity contribution >= 4 is 17.5 Å². The van der Waals surface area contributed by atoms with Crippen LogP contribution in [0.2, 0.25) is 0 Å². The SMILES string of the molecule is O=C(CCCCCC(OCc1cccc(Oc2ccccc2)c1)C(=O)Nc1ccccc1)NO. The van der Waals surface area contributed by atoms with Crippen LogP contribution >= 0.6 is 0 Å². The number of benzene rings is 3. The zero-order chi connectivity index (χ0) is 24.0. The van der Waals surface area contributed by atoms with E-state index in [4.69, 9.17) is 14.7 Å². The third-order valence-corrected chi connectivity index (χ3v) is 5.16. The number of carbonyl (C=O) groups excluding carboxylic acids is 2. The smallest absolute Gasteiger partial charge is 0.253 e. The second-order valence-corrected chi connectivity index (χ2v) is 7.85. The molecular weight excluding hydrogens is 432 g/mol. The molecule has 0 bridgehead atoms. The van der Waals surface area contributed by atoms with Crippen molar-refractivity contribution < 1.29 is 24.3 Å². The van der Waals surface area contributed by atoms with Crippen molar-refractivity contribution in [2.75, 3.05) is 5.32 Å². The van der Waals surface area contributed by atoms with Crippen LogP contribution in [0.5, 0.6) is 11.5 Å². The highest BCUT2D eigenvalue weighted by atomic mass is 16.5. The van der Waals surface area contributed by atoms with Crippen LogP contribution in [0, 0.1) is 0 Å². The molecule has 0 saturated carbocycles. The summed E-state index contributed by atoms with van der Waals surface area (Å²) < 4.78 is 11.9. The average molecular weight is 463 g/mol. The standard InChI is InChI=1S/C27H30N2O5/c30-26(29-32)18-9-3-8-17-25(27(31)28-22-12-4-1-5-13-22)33-20-21-11-10-16-24(19-21)34-23-14-6-2-7-15-23/h1-2,4-7,10-16,19,25,32H,3,8-9,17-18,20H2,(H,28,31)(H,29,30). The van der Waals surface area contributed by atoms with Gasteiger partial charge in [-0.15, -0.1) is 0 Å². The van der Waals surface area contributed by atoms with E-state index >= 15 is 0 Å². The van der Waals surface area contributed by atoms with Gasteiger partial charge in [-0.25, -0.2) is 5.48 Å². The third-order valence-electron chi connectivity index (χ3n) is 5.16. The first-order valence-electron chi connectivity index (χ1n) is 11.4. The zero-order valence-corrected chi connectivity index (χ0v) is 19.0. The molecule has 0 aromatic heterocycles. The van der Waals surface area contributed by atoms with Gasteiger partial charge in [-0.3, -0.25) is 14.8 Å². The lowest BCUT2D eigenvalue weighted by Gasteiger charge is -2.18. The molecule has 0 aliphatic rings. The van der Waals surface area contributed by atoms with Gasteiger partial charge in [0.05, 0.1) is 6.61 Å². The first-order valence-corrected chi connectivity index (χ1v) is 11.4. The molecule has 1 unspecified atom stereocenters. The third kappa shape index (κ3) is 8.69. The van der Waals surface area contributed by atoms with Crippen molar-refractivity contribution in [2.45, 2.75) is 44.8 Å². The Bertz CT molecular complexity index is 1030. The fraction of sp³-hybridized carbons (Fsp3) is 0.259. The van der Waals surface area contributed by atoms with Crippen molar-refractivity contribution in [3.8, 4) is 11.5 Å². The average Bonchev–Trinajstić information content (AvgIpc) is 2.87. The fourth-order valence-corrected chi connectivity index (χ4v) is 3.40. The monoisotopic (exact) mass is 462 g/mol. The molecule has 1 atom stereocenters. The second-order valence-electron chi connectivity index (χ2n) is 7.85. The number of carbonyl (C=O) groups is 2. The summed E-state index contributed by atoms with van der Waals surface area (Å²) in [6.45, 7) is 0.256. The predicted octanol–water partition coefficient (Wildman–Crippen LogP) is 5.46. The number of amides is 2. The Morgan fingerprint density at radius 2 is 1.53 bits per heavy atom. The van der Waals surface area contributed by atoms with Gasteiger partial charge in [-0.05, 0) is 54.8 Å². The Hall–Kier alpha value is -3.68. The van der Waals surface area contributed by atoms with Crippen LogP contribution in [0.4, 0.5) is 5.69 Å². The van der Waals surface area contributed by atoms with E-state index in [1.54, 1.807) is 5.48 Å². The summed E-state index contributed by atoms with van der Waals surface area (Å²) in [6.07, 6.45) is 2.19. The Balaban J connectivity index is 1.58. The van der Waals surface area contributed by atoms with Gasteiger partial charge in [0.15, 0.2) is 0 Å². The Kier molecular flexibility index (Phi) is 10.1. The number of ether oxygens (including phenoxy) is 2. The van der Waals surface area contributed by atoms with Gasteiger partial charge in [0, 0.05) is 12.1 Å². The van der Waals surface area contributed by atoms with E-state index in [9.17, 15) is 9.59 Å². The minimum Gasteiger partial charge on any atom is -0.457 e. The number of hydroxylamine groups is 1. The highest BCUT2D eigenvalue weighted by Crippen LogP contribution is 2.23. The number of nitrogens with one attached hydrogen (secondary N) is 2. The molecule has 0 radical (unpaired) electrons. The van der Waals surface area contributed by atoms with Crippen LogP contribution in [0.15, 0.2) is 84.9 Å². The molecule has 0 spiro atoms. The summed E-state index contributed by atoms with van der Waals surface area (Å²) >= 11 is 0. The van der Waals surface area contributed by atoms with E-state index in [2.05, 4.69) is 5.32 Å². The van der Waals surface area contributed by atoms with Crippen molar-refractivity contribution in [1.82, 2.24) is 5.48 Å². The van der Waals surface area contributed by atoms with Crippen LogP contribution in [0.3, 0.4) is 0 Å². The van der Waals surface area contributed by atoms with E-state index in [-0.39, 0.29) is 18.9 Å². The molecule has 0 aliphatic heterocycles. The Labute approximate surface area is 199 Å². The normalized spacial score (nSPS) is 11.4. The van der Waals surface area contributed by atoms with Gasteiger partial charge in [0.1, 0.15) is 17.6 Å². The fourth-order valence-electron chi connectivity index (χ4n) is 3.40. The molecule has 0 saturated heterocycles. The van der Waals surface area contributed by atoms with Crippen LogP contribution in [0.1, 0.15) is 37.7 Å². The number of rotatable bonds is 13. The number of hydrogen-bond acceptors (Lipinski definition) is 5. The van der Waals surface area contributed by atoms with Crippen LogP contribution in [-0.4, -0.2) is 23.1 Å². The van der Waals surface area contributed by atoms with Gasteiger partial charge < -0.3 is 14.8 Å². The number of unbranched alkanes of at least 4 members (excludes halogenated alkanes) is 2. The minimum absolute atomic E-state index is 0.212. The molecule has 0 heterocycles. The lowest BCUT2D eigenvalue weighted by molar-refractivity contribution is -0.130. The summed E-state index contributed by atoms with van der Waals surface area (Å²) in [5.41, 5.74) is 3.23. The number of hydrogen-bond donors (Lipinski definition) is 3. The highest BCUT2D eigenvalue weighted by molar-refractivity contribution is 5.94. The van der Waals surface area contributed by atoms with Gasteiger partial charge in [0.25, 0.3) is 5.91 Å². The van der Waals surface area contributed by atoms with E-state index in [1.165, 1.54) is 0 Å². The summed E-state index contributed by atoms with van der Waals surface area (Å²) in [4.78, 5) is 24.1. The highest BCUT2D eigenvalue weighted by Gasteiger charge is 2.19. The van der Waals surface area contributed by atoms with Crippen molar-refractivity contribution in [3.63, 3.8) is 0 Å². The topological polar surface area (TPSA) is 96.9 Å². The molecule has 7 nitrogen and oxygen atoms in total. The summed E-state index contributed by atoms with van der Waals surface area (Å²) in [7, 11) is 0. The predicted molar refractivity (Wildman–Crippen MR) is 130 cm³/mol. The molecule has 178 valence electrons. The molecule has 3 aromatic carbocycles. The summed E-state index contributed by atoms with van der Waals surface area (Å²) in [6, 6.07) is 26.4. The maximum Gasteiger partial charge on any atom is 0.253 e. The van der Waals surface area contributed by atoms with Crippen LogP contribution in [-0.2, 0) is 20.9 Å². The van der Waals surface area contributed by atoms with Crippen molar-refractivity contribution in [2.24, 2.45) is 0 Å². The first kappa shape index (κ1) is 25.0. The molecule has 0 aliphatic carbocycles. The molecular formula is C27H30N2O5. The minimum atomic E-state index is -0.648. The Morgan fingerprint density at radius 3 is 2.26 bits per heavy atom. The summed E-state index contributed by atoms with van der Waals surface area (Å²) in [5.74, 6) is 0.818. The van der Waals surface area contributed by atoms with Crippen LogP contribution in [0.25, 0.3) is 0 Å². The largest absolute Gasteiger partial charge is 0.457 e. The molecule has 3 N–H and O–H groups in total. The molecule has 34 heavy (non-hydrogen) atoms. The maximum absolute atomic E-state index is 12.9. The molecule has 3 aromatic rings. The van der Waals surface area contributed by atoms with Gasteiger partial charge in [-0.1, -0.05) is 61.4 Å². The number of para-hydroxylation sites is 2. The van der Waals surface area contributed by atoms with E-state index in [1.807, 2.05) is 84.9 Å². The first-order chi connectivity index (χ1) is 16.6. The Morgan fingerprint density at radius 1 is 0.824 bits per heavy atom. The molecule has 7 heteroatoms. The van der Waals surface area contributed by atoms with Gasteiger partial charge in [0.2, 0.25) is 5.91 Å². The van der Waals surface area contributed by atoms with E-state index < -0.39 is 12.0 Å². The maximum atomic E-state index is 12.9. The lowest BCUT2D eigenvalue weighted by Crippen LogP contribution is -2.30. The van der Waals surface area contributed by atoms with E-state index in [0.717, 1.165) is 17.7 Å². The quantitative estimate of drug-likeness (QED) is 0.178. The summed E-state index contributed by atoms with van der Waals surface area (Å²) in [5, 5.41) is 11.5. The molecule has 2 amide bonds. The zero-order valence-electron chi connectivity index (χ0n) is 19.0. The lowest BCUT2D eigenvalue weighted by atomic mass is 10.1. The second kappa shape index (κ2) is 13.8. The van der Waals surface area contributed by atoms with E-state index in [0.29, 0.717) is 30.7 Å². The molecule has 3 rings (SSSR count). The van der Waals surface area contributed by atoms with Gasteiger partial charge >= 0.3 is 0 Å². The van der Waals surface area contributed by atoms with Crippen LogP contribution < -0.4 is 15.5 Å². The van der Waals surface area contributed by atoms with Crippen molar-refractivity contribution in [1.29, 1.82) is 0 Å².